The number of aliphatic hydroxyl groups excluding tert-OH is 1. The van der Waals surface area contributed by atoms with Crippen LogP contribution in [0.15, 0.2) is 30.6 Å². The van der Waals surface area contributed by atoms with Crippen LogP contribution < -0.4 is 5.32 Å². The number of amides is 1. The zero-order valence-corrected chi connectivity index (χ0v) is 14.0. The Kier molecular flexibility index (Phi) is 5.03. The number of rotatable bonds is 4. The van der Waals surface area contributed by atoms with Crippen LogP contribution in [0.5, 0.6) is 0 Å². The Bertz CT molecular complexity index is 738. The first-order valence-corrected chi connectivity index (χ1v) is 7.58. The van der Waals surface area contributed by atoms with Crippen LogP contribution in [0.1, 0.15) is 49.7 Å². The predicted octanol–water partition coefficient (Wildman–Crippen LogP) is 2.77. The summed E-state index contributed by atoms with van der Waals surface area (Å²) in [7, 11) is 0. The Morgan fingerprint density at radius 2 is 1.96 bits per heavy atom. The van der Waals surface area contributed by atoms with E-state index in [1.165, 1.54) is 12.3 Å². The third-order valence-electron chi connectivity index (χ3n) is 3.65. The second-order valence-electron chi connectivity index (χ2n) is 6.72. The van der Waals surface area contributed by atoms with Gasteiger partial charge in [-0.2, -0.15) is 5.10 Å². The molecule has 0 saturated carbocycles. The third kappa shape index (κ3) is 3.97. The van der Waals surface area contributed by atoms with Gasteiger partial charge in [-0.15, -0.1) is 0 Å². The topological polar surface area (TPSA) is 67.2 Å². The van der Waals surface area contributed by atoms with Crippen molar-refractivity contribution >= 4 is 5.91 Å². The molecule has 2 rings (SSSR count). The van der Waals surface area contributed by atoms with Gasteiger partial charge in [-0.1, -0.05) is 6.07 Å². The molecule has 130 valence electrons. The van der Waals surface area contributed by atoms with E-state index in [2.05, 4.69) is 10.4 Å². The van der Waals surface area contributed by atoms with Crippen LogP contribution in [0.25, 0.3) is 0 Å². The first-order valence-electron chi connectivity index (χ1n) is 7.58. The summed E-state index contributed by atoms with van der Waals surface area (Å²) >= 11 is 0. The monoisotopic (exact) mass is 337 g/mol. The molecule has 0 aliphatic heterocycles. The minimum atomic E-state index is -1.17. The van der Waals surface area contributed by atoms with Crippen molar-refractivity contribution in [2.24, 2.45) is 0 Å². The van der Waals surface area contributed by atoms with Crippen LogP contribution in [0.4, 0.5) is 8.78 Å². The lowest BCUT2D eigenvalue weighted by Crippen LogP contribution is -2.37. The maximum Gasteiger partial charge on any atom is 0.254 e. The highest BCUT2D eigenvalue weighted by Crippen LogP contribution is 2.20. The summed E-state index contributed by atoms with van der Waals surface area (Å²) in [4.78, 5) is 12.2. The Hall–Kier alpha value is -2.28. The molecule has 0 bridgehead atoms. The summed E-state index contributed by atoms with van der Waals surface area (Å²) < 4.78 is 27.9. The van der Waals surface area contributed by atoms with Crippen LogP contribution in [-0.2, 0) is 5.54 Å². The van der Waals surface area contributed by atoms with Crippen LogP contribution >= 0.6 is 0 Å². The van der Waals surface area contributed by atoms with Crippen molar-refractivity contribution in [3.05, 3.63) is 53.4 Å². The number of aromatic nitrogens is 2. The average Bonchev–Trinajstić information content (AvgIpc) is 2.99. The van der Waals surface area contributed by atoms with Crippen molar-refractivity contribution < 1.29 is 18.7 Å². The zero-order chi connectivity index (χ0) is 18.1. The molecule has 2 N–H and O–H groups in total. The fourth-order valence-corrected chi connectivity index (χ4v) is 2.16. The highest BCUT2D eigenvalue weighted by molar-refractivity contribution is 5.93. The molecule has 0 radical (unpaired) electrons. The van der Waals surface area contributed by atoms with Gasteiger partial charge in [0, 0.05) is 6.20 Å². The number of carbonyl (C=O) groups is 1. The van der Waals surface area contributed by atoms with E-state index >= 15 is 0 Å². The van der Waals surface area contributed by atoms with Gasteiger partial charge in [0.25, 0.3) is 5.91 Å². The quantitative estimate of drug-likeness (QED) is 0.901. The number of hydrogen-bond donors (Lipinski definition) is 2. The van der Waals surface area contributed by atoms with Crippen molar-refractivity contribution in [2.75, 3.05) is 0 Å². The number of hydrogen-bond acceptors (Lipinski definition) is 3. The van der Waals surface area contributed by atoms with E-state index in [1.807, 2.05) is 20.8 Å². The van der Waals surface area contributed by atoms with Gasteiger partial charge in [0.15, 0.2) is 11.6 Å². The van der Waals surface area contributed by atoms with E-state index in [0.717, 1.165) is 12.1 Å². The molecule has 7 heteroatoms. The number of benzene rings is 1. The van der Waals surface area contributed by atoms with Gasteiger partial charge in [0.05, 0.1) is 29.4 Å². The number of nitrogens with zero attached hydrogens (tertiary/aromatic N) is 2. The lowest BCUT2D eigenvalue weighted by Gasteiger charge is -2.21. The smallest absolute Gasteiger partial charge is 0.254 e. The molecule has 1 heterocycles. The highest BCUT2D eigenvalue weighted by Gasteiger charge is 2.22. The summed E-state index contributed by atoms with van der Waals surface area (Å²) in [5.41, 5.74) is 0.288. The van der Waals surface area contributed by atoms with Crippen LogP contribution in [-0.4, -0.2) is 26.8 Å². The molecule has 2 aromatic rings. The van der Waals surface area contributed by atoms with E-state index in [0.29, 0.717) is 5.56 Å². The highest BCUT2D eigenvalue weighted by atomic mass is 19.2. The second kappa shape index (κ2) is 6.68. The van der Waals surface area contributed by atoms with E-state index < -0.39 is 29.7 Å². The molecular formula is C17H21F2N3O2. The molecule has 0 aliphatic rings. The van der Waals surface area contributed by atoms with Crippen molar-refractivity contribution in [3.63, 3.8) is 0 Å². The molecule has 0 saturated heterocycles. The lowest BCUT2D eigenvalue weighted by molar-refractivity contribution is 0.0851. The standard InChI is InChI=1S/C17H21F2N3O2/c1-10(15(23)11-5-6-13(18)14(19)7-11)21-16(24)12-8-20-22(9-12)17(2,3)4/h5-10,15,23H,1-4H3,(H,21,24). The molecule has 1 amide bonds. The van der Waals surface area contributed by atoms with Gasteiger partial charge in [0.2, 0.25) is 0 Å². The molecule has 0 aliphatic carbocycles. The van der Waals surface area contributed by atoms with Crippen LogP contribution in [0.3, 0.4) is 0 Å². The van der Waals surface area contributed by atoms with Crippen molar-refractivity contribution in [1.82, 2.24) is 15.1 Å². The minimum absolute atomic E-state index is 0.187. The summed E-state index contributed by atoms with van der Waals surface area (Å²) in [5, 5.41) is 17.0. The van der Waals surface area contributed by atoms with Gasteiger partial charge < -0.3 is 10.4 Å². The summed E-state index contributed by atoms with van der Waals surface area (Å²) in [6.45, 7) is 7.45. The number of nitrogens with one attached hydrogen (secondary N) is 1. The number of aliphatic hydroxyl groups is 1. The molecule has 1 aromatic heterocycles. The first-order chi connectivity index (χ1) is 11.1. The molecule has 0 fully saturated rings. The SMILES string of the molecule is CC(NC(=O)c1cnn(C(C)(C)C)c1)C(O)c1ccc(F)c(F)c1. The normalized spacial score (nSPS) is 14.3. The average molecular weight is 337 g/mol. The minimum Gasteiger partial charge on any atom is -0.386 e. The molecule has 2 atom stereocenters. The fraction of sp³-hybridized carbons (Fsp3) is 0.412. The van der Waals surface area contributed by atoms with Gasteiger partial charge in [-0.05, 0) is 45.4 Å². The summed E-state index contributed by atoms with van der Waals surface area (Å²) in [5.74, 6) is -2.44. The van der Waals surface area contributed by atoms with E-state index in [1.54, 1.807) is 17.8 Å². The Morgan fingerprint density at radius 1 is 1.29 bits per heavy atom. The zero-order valence-electron chi connectivity index (χ0n) is 14.0. The largest absolute Gasteiger partial charge is 0.386 e. The summed E-state index contributed by atoms with van der Waals surface area (Å²) in [6, 6.07) is 2.44. The third-order valence-corrected chi connectivity index (χ3v) is 3.65. The Balaban J connectivity index is 2.07. The molecule has 5 nitrogen and oxygen atoms in total. The van der Waals surface area contributed by atoms with Gasteiger partial charge in [0.1, 0.15) is 0 Å². The Labute approximate surface area is 139 Å². The van der Waals surface area contributed by atoms with E-state index in [9.17, 15) is 18.7 Å². The molecule has 24 heavy (non-hydrogen) atoms. The van der Waals surface area contributed by atoms with Crippen LogP contribution in [0, 0.1) is 11.6 Å². The van der Waals surface area contributed by atoms with Gasteiger partial charge in [-0.25, -0.2) is 8.78 Å². The predicted molar refractivity (Wildman–Crippen MR) is 85.5 cm³/mol. The molecular weight excluding hydrogens is 316 g/mol. The first kappa shape index (κ1) is 18.1. The van der Waals surface area contributed by atoms with Crippen molar-refractivity contribution in [3.8, 4) is 0 Å². The van der Waals surface area contributed by atoms with Gasteiger partial charge >= 0.3 is 0 Å². The Morgan fingerprint density at radius 3 is 2.50 bits per heavy atom. The molecule has 2 unspecified atom stereocenters. The second-order valence-corrected chi connectivity index (χ2v) is 6.72. The van der Waals surface area contributed by atoms with E-state index in [-0.39, 0.29) is 11.1 Å². The van der Waals surface area contributed by atoms with E-state index in [4.69, 9.17) is 0 Å². The van der Waals surface area contributed by atoms with Gasteiger partial charge in [-0.3, -0.25) is 9.48 Å². The fourth-order valence-electron chi connectivity index (χ4n) is 2.16. The molecule has 0 spiro atoms. The van der Waals surface area contributed by atoms with Crippen molar-refractivity contribution in [2.45, 2.75) is 45.4 Å². The maximum absolute atomic E-state index is 13.3. The summed E-state index contributed by atoms with van der Waals surface area (Å²) in [6.07, 6.45) is 1.89. The number of halogens is 2. The lowest BCUT2D eigenvalue weighted by atomic mass is 10.0. The van der Waals surface area contributed by atoms with Crippen LogP contribution in [0.2, 0.25) is 0 Å². The number of carbonyl (C=O) groups excluding carboxylic acids is 1. The molecule has 1 aromatic carbocycles. The maximum atomic E-state index is 13.3. The van der Waals surface area contributed by atoms with Crippen molar-refractivity contribution in [1.29, 1.82) is 0 Å².